The van der Waals surface area contributed by atoms with Gasteiger partial charge in [-0.25, -0.2) is 0 Å². The zero-order chi connectivity index (χ0) is 18.4. The molecule has 2 aliphatic carbocycles. The molecule has 4 heteroatoms. The van der Waals surface area contributed by atoms with Crippen LogP contribution in [0.3, 0.4) is 0 Å². The molecule has 1 aromatic rings. The Bertz CT molecular complexity index is 718. The molecule has 0 aromatic heterocycles. The molecule has 0 radical (unpaired) electrons. The van der Waals surface area contributed by atoms with E-state index in [1.165, 1.54) is 50.5 Å². The topological polar surface area (TPSA) is 46.5 Å². The van der Waals surface area contributed by atoms with Gasteiger partial charge in [0.15, 0.2) is 0 Å². The van der Waals surface area contributed by atoms with Crippen molar-refractivity contribution in [2.45, 2.75) is 64.2 Å². The van der Waals surface area contributed by atoms with Gasteiger partial charge in [-0.05, 0) is 67.7 Å². The molecule has 0 saturated heterocycles. The first-order chi connectivity index (χ1) is 12.6. The first-order valence-corrected chi connectivity index (χ1v) is 9.65. The molecule has 0 aliphatic heterocycles. The summed E-state index contributed by atoms with van der Waals surface area (Å²) in [5.74, 6) is 5.54. The van der Waals surface area contributed by atoms with Crippen LogP contribution in [-0.2, 0) is 4.79 Å². The van der Waals surface area contributed by atoms with Crippen LogP contribution in [0.15, 0.2) is 35.9 Å². The van der Waals surface area contributed by atoms with Gasteiger partial charge in [-0.3, -0.25) is 4.79 Å². The normalized spacial score (nSPS) is 18.6. The Labute approximate surface area is 184 Å². The Balaban J connectivity index is 0.00000261. The van der Waals surface area contributed by atoms with E-state index in [1.54, 1.807) is 6.92 Å². The molecule has 1 spiro atoms. The van der Waals surface area contributed by atoms with Crippen LogP contribution in [-0.4, -0.2) is 47.2 Å². The molecule has 0 amide bonds. The van der Waals surface area contributed by atoms with Crippen molar-refractivity contribution in [3.63, 3.8) is 0 Å². The SMILES string of the molecule is CC#C[C@@H](CC(=O)O)c1ccc(OCC2=CCCC3(CCCC3)C2)cc1.[NaH]. The zero-order valence-electron chi connectivity index (χ0n) is 15.6. The fraction of sp³-hybridized carbons (Fsp3) is 0.522. The van der Waals surface area contributed by atoms with Crippen LogP contribution in [0.5, 0.6) is 5.75 Å². The zero-order valence-corrected chi connectivity index (χ0v) is 15.6. The van der Waals surface area contributed by atoms with Gasteiger partial charge in [0.25, 0.3) is 0 Å². The van der Waals surface area contributed by atoms with Crippen LogP contribution >= 0.6 is 0 Å². The van der Waals surface area contributed by atoms with E-state index >= 15 is 0 Å². The number of carboxylic acid groups (broad SMARTS) is 1. The maximum atomic E-state index is 11.0. The quantitative estimate of drug-likeness (QED) is 0.446. The Morgan fingerprint density at radius 1 is 1.22 bits per heavy atom. The van der Waals surface area contributed by atoms with Crippen LogP contribution in [0.1, 0.15) is 69.8 Å². The fourth-order valence-corrected chi connectivity index (χ4v) is 4.46. The second-order valence-corrected chi connectivity index (χ2v) is 7.69. The summed E-state index contributed by atoms with van der Waals surface area (Å²) in [7, 11) is 0. The van der Waals surface area contributed by atoms with Crippen molar-refractivity contribution in [3.8, 4) is 17.6 Å². The summed E-state index contributed by atoms with van der Waals surface area (Å²) < 4.78 is 6.00. The second kappa shape index (κ2) is 10.4. The first-order valence-electron chi connectivity index (χ1n) is 9.65. The molecule has 1 atom stereocenters. The molecular formula is C23H29NaO3. The molecule has 0 bridgehead atoms. The number of carboxylic acids is 1. The van der Waals surface area contributed by atoms with Crippen LogP contribution in [0, 0.1) is 17.3 Å². The third-order valence-corrected chi connectivity index (χ3v) is 5.78. The average molecular weight is 376 g/mol. The van der Waals surface area contributed by atoms with E-state index in [2.05, 4.69) is 17.9 Å². The second-order valence-electron chi connectivity index (χ2n) is 7.69. The van der Waals surface area contributed by atoms with Gasteiger partial charge < -0.3 is 9.84 Å². The van der Waals surface area contributed by atoms with Crippen LogP contribution in [0.25, 0.3) is 0 Å². The summed E-state index contributed by atoms with van der Waals surface area (Å²) in [6.07, 6.45) is 11.6. The number of ether oxygens (including phenoxy) is 1. The van der Waals surface area contributed by atoms with Gasteiger partial charge in [0.05, 0.1) is 12.3 Å². The van der Waals surface area contributed by atoms with E-state index < -0.39 is 5.97 Å². The molecule has 0 unspecified atom stereocenters. The predicted molar refractivity (Wildman–Crippen MR) is 110 cm³/mol. The molecule has 0 heterocycles. The van der Waals surface area contributed by atoms with E-state index in [-0.39, 0.29) is 41.9 Å². The van der Waals surface area contributed by atoms with Crippen molar-refractivity contribution in [3.05, 3.63) is 41.5 Å². The standard InChI is InChI=1S/C23H28O3.Na.H/c1-2-6-20(15-22(24)25)19-8-10-21(11-9-19)26-17-18-7-5-14-23(16-18)12-3-4-13-23;;/h7-11,20H,3-5,12-17H2,1H3,(H,24,25);;/t20-;;/m0../s1. The van der Waals surface area contributed by atoms with E-state index in [0.717, 1.165) is 11.3 Å². The monoisotopic (exact) mass is 376 g/mol. The summed E-state index contributed by atoms with van der Waals surface area (Å²) in [5.41, 5.74) is 2.92. The van der Waals surface area contributed by atoms with Crippen molar-refractivity contribution < 1.29 is 14.6 Å². The number of hydrogen-bond donors (Lipinski definition) is 1. The number of hydrogen-bond acceptors (Lipinski definition) is 2. The fourth-order valence-electron chi connectivity index (χ4n) is 4.46. The van der Waals surface area contributed by atoms with Crippen molar-refractivity contribution >= 4 is 35.5 Å². The number of rotatable bonds is 6. The molecule has 1 aromatic carbocycles. The summed E-state index contributed by atoms with van der Waals surface area (Å²) in [6.45, 7) is 2.40. The summed E-state index contributed by atoms with van der Waals surface area (Å²) >= 11 is 0. The molecule has 1 N–H and O–H groups in total. The number of benzene rings is 1. The van der Waals surface area contributed by atoms with Crippen molar-refractivity contribution in [2.24, 2.45) is 5.41 Å². The van der Waals surface area contributed by atoms with Crippen molar-refractivity contribution in [1.29, 1.82) is 0 Å². The van der Waals surface area contributed by atoms with E-state index in [4.69, 9.17) is 9.84 Å². The summed E-state index contributed by atoms with van der Waals surface area (Å²) in [6, 6.07) is 7.72. The van der Waals surface area contributed by atoms with Crippen LogP contribution in [0.4, 0.5) is 0 Å². The molecule has 27 heavy (non-hydrogen) atoms. The van der Waals surface area contributed by atoms with Gasteiger partial charge in [0.1, 0.15) is 12.4 Å². The third-order valence-electron chi connectivity index (χ3n) is 5.78. The van der Waals surface area contributed by atoms with Gasteiger partial charge in [0, 0.05) is 0 Å². The molecule has 1 saturated carbocycles. The van der Waals surface area contributed by atoms with E-state index in [1.807, 2.05) is 24.3 Å². The van der Waals surface area contributed by atoms with E-state index in [0.29, 0.717) is 12.0 Å². The first kappa shape index (κ1) is 22.1. The van der Waals surface area contributed by atoms with Gasteiger partial charge >= 0.3 is 35.5 Å². The Hall–Kier alpha value is -1.21. The molecular weight excluding hydrogens is 347 g/mol. The molecule has 2 aliphatic rings. The van der Waals surface area contributed by atoms with Gasteiger partial charge in [-0.2, -0.15) is 0 Å². The number of allylic oxidation sites excluding steroid dienone is 1. The van der Waals surface area contributed by atoms with E-state index in [9.17, 15) is 4.79 Å². The Morgan fingerprint density at radius 3 is 2.56 bits per heavy atom. The molecule has 3 nitrogen and oxygen atoms in total. The van der Waals surface area contributed by atoms with Crippen LogP contribution in [0.2, 0.25) is 0 Å². The maximum absolute atomic E-state index is 11.0. The number of aliphatic carboxylic acids is 1. The van der Waals surface area contributed by atoms with Gasteiger partial charge in [-0.15, -0.1) is 5.92 Å². The van der Waals surface area contributed by atoms with Crippen molar-refractivity contribution in [1.82, 2.24) is 0 Å². The summed E-state index contributed by atoms with van der Waals surface area (Å²) in [5, 5.41) is 9.04. The predicted octanol–water partition coefficient (Wildman–Crippen LogP) is 4.67. The minimum absolute atomic E-state index is 0. The van der Waals surface area contributed by atoms with Gasteiger partial charge in [0.2, 0.25) is 0 Å². The molecule has 1 fully saturated rings. The number of carbonyl (C=O) groups is 1. The minimum atomic E-state index is -0.830. The molecule has 3 rings (SSSR count). The van der Waals surface area contributed by atoms with Gasteiger partial charge in [-0.1, -0.05) is 37.0 Å². The third kappa shape index (κ3) is 6.14. The molecule has 140 valence electrons. The Morgan fingerprint density at radius 2 is 1.93 bits per heavy atom. The van der Waals surface area contributed by atoms with Crippen LogP contribution < -0.4 is 4.74 Å². The average Bonchev–Trinajstić information content (AvgIpc) is 3.07. The summed E-state index contributed by atoms with van der Waals surface area (Å²) in [4.78, 5) is 11.0. The Kier molecular flexibility index (Phi) is 8.48. The van der Waals surface area contributed by atoms with Crippen molar-refractivity contribution in [2.75, 3.05) is 6.61 Å².